The molecule has 2 aromatic rings. The van der Waals surface area contributed by atoms with Gasteiger partial charge >= 0.3 is 5.97 Å². The van der Waals surface area contributed by atoms with Crippen molar-refractivity contribution in [1.82, 2.24) is 4.98 Å². The Bertz CT molecular complexity index is 611. The summed E-state index contributed by atoms with van der Waals surface area (Å²) < 4.78 is 4.90. The molecule has 0 spiro atoms. The summed E-state index contributed by atoms with van der Waals surface area (Å²) in [6.45, 7) is 1.94. The van der Waals surface area contributed by atoms with E-state index in [9.17, 15) is 4.79 Å². The van der Waals surface area contributed by atoms with Gasteiger partial charge in [0.2, 0.25) is 0 Å². The average Bonchev–Trinajstić information content (AvgIpc) is 2.88. The van der Waals surface area contributed by atoms with Gasteiger partial charge in [-0.15, -0.1) is 11.3 Å². The number of pyridine rings is 1. The largest absolute Gasteiger partial charge is 0.461 e. The van der Waals surface area contributed by atoms with Crippen molar-refractivity contribution in [3.05, 3.63) is 23.2 Å². The fourth-order valence-electron chi connectivity index (χ4n) is 1.67. The van der Waals surface area contributed by atoms with Gasteiger partial charge in [-0.05, 0) is 18.4 Å². The van der Waals surface area contributed by atoms with E-state index in [4.69, 9.17) is 21.9 Å². The van der Waals surface area contributed by atoms with E-state index >= 15 is 0 Å². The highest BCUT2D eigenvalue weighted by Crippen LogP contribution is 2.38. The van der Waals surface area contributed by atoms with E-state index in [0.29, 0.717) is 5.56 Å². The first kappa shape index (κ1) is 13.2. The summed E-state index contributed by atoms with van der Waals surface area (Å²) in [4.78, 5) is 16.5. The number of aromatic nitrogens is 1. The number of nitrogen functional groups attached to an aromatic ring is 3. The highest BCUT2D eigenvalue weighted by atomic mass is 32.1. The topological polar surface area (TPSA) is 117 Å². The Hall–Kier alpha value is -2.28. The quantitative estimate of drug-likeness (QED) is 0.736. The lowest BCUT2D eigenvalue weighted by Crippen LogP contribution is -2.14. The fraction of sp³-hybridized carbons (Fsp3) is 0.167. The Morgan fingerprint density at radius 2 is 2.11 bits per heavy atom. The van der Waals surface area contributed by atoms with Crippen molar-refractivity contribution in [1.29, 1.82) is 0 Å². The lowest BCUT2D eigenvalue weighted by atomic mass is 10.1. The lowest BCUT2D eigenvalue weighted by Gasteiger charge is -2.13. The van der Waals surface area contributed by atoms with Crippen LogP contribution in [-0.4, -0.2) is 17.6 Å². The van der Waals surface area contributed by atoms with Crippen LogP contribution in [0.1, 0.15) is 17.4 Å². The van der Waals surface area contributed by atoms with Crippen LogP contribution in [0.4, 0.5) is 17.2 Å². The number of carbonyl (C=O) groups excluding carboxylic acids is 1. The predicted octanol–water partition coefficient (Wildman–Crippen LogP) is 1.73. The molecule has 100 valence electrons. The van der Waals surface area contributed by atoms with Gasteiger partial charge in [-0.25, -0.2) is 9.78 Å². The molecular formula is C12H14N4O2S. The normalized spacial score (nSPS) is 10.4. The molecule has 0 unspecified atom stereocenters. The van der Waals surface area contributed by atoms with Crippen molar-refractivity contribution in [3.63, 3.8) is 0 Å². The molecule has 0 aliphatic carbocycles. The van der Waals surface area contributed by atoms with Crippen molar-refractivity contribution in [2.24, 2.45) is 0 Å². The smallest absolute Gasteiger partial charge is 0.359 e. The number of ether oxygens (including phenoxy) is 1. The first-order valence-electron chi connectivity index (χ1n) is 5.61. The molecule has 0 atom stereocenters. The van der Waals surface area contributed by atoms with E-state index < -0.39 is 5.97 Å². The summed E-state index contributed by atoms with van der Waals surface area (Å²) in [5.41, 5.74) is 18.6. The summed E-state index contributed by atoms with van der Waals surface area (Å²) in [7, 11) is 0. The predicted molar refractivity (Wildman–Crippen MR) is 76.7 cm³/mol. The molecule has 6 nitrogen and oxygen atoms in total. The SMILES string of the molecule is CCOC(=O)c1nc(N)c(N)c(-c2cccs2)c1N. The van der Waals surface area contributed by atoms with E-state index in [0.717, 1.165) is 4.88 Å². The monoisotopic (exact) mass is 278 g/mol. The first-order valence-corrected chi connectivity index (χ1v) is 6.49. The second kappa shape index (κ2) is 5.15. The van der Waals surface area contributed by atoms with Gasteiger partial charge in [0.15, 0.2) is 5.69 Å². The minimum atomic E-state index is -0.607. The van der Waals surface area contributed by atoms with E-state index in [-0.39, 0.29) is 29.5 Å². The summed E-state index contributed by atoms with van der Waals surface area (Å²) in [5.74, 6) is -0.537. The van der Waals surface area contributed by atoms with Gasteiger partial charge in [-0.3, -0.25) is 0 Å². The number of carbonyl (C=O) groups is 1. The van der Waals surface area contributed by atoms with Crippen LogP contribution in [0.15, 0.2) is 17.5 Å². The fourth-order valence-corrected chi connectivity index (χ4v) is 2.47. The van der Waals surface area contributed by atoms with Crippen LogP contribution in [-0.2, 0) is 4.74 Å². The maximum atomic E-state index is 11.8. The molecule has 0 fully saturated rings. The van der Waals surface area contributed by atoms with Crippen molar-refractivity contribution in [2.45, 2.75) is 6.92 Å². The average molecular weight is 278 g/mol. The summed E-state index contributed by atoms with van der Waals surface area (Å²) in [6.07, 6.45) is 0. The minimum absolute atomic E-state index is 0.00282. The van der Waals surface area contributed by atoms with Crippen LogP contribution >= 0.6 is 11.3 Å². The summed E-state index contributed by atoms with van der Waals surface area (Å²) >= 11 is 1.45. The summed E-state index contributed by atoms with van der Waals surface area (Å²) in [6, 6.07) is 3.71. The number of esters is 1. The molecule has 2 aromatic heterocycles. The molecule has 6 N–H and O–H groups in total. The Labute approximate surface area is 114 Å². The van der Waals surface area contributed by atoms with Gasteiger partial charge in [0, 0.05) is 10.4 Å². The van der Waals surface area contributed by atoms with Gasteiger partial charge in [0.25, 0.3) is 0 Å². The van der Waals surface area contributed by atoms with Crippen LogP contribution < -0.4 is 17.2 Å². The van der Waals surface area contributed by atoms with Crippen LogP contribution in [0.25, 0.3) is 10.4 Å². The van der Waals surface area contributed by atoms with Crippen LogP contribution in [0.3, 0.4) is 0 Å². The number of nitrogens with two attached hydrogens (primary N) is 3. The van der Waals surface area contributed by atoms with Gasteiger partial charge in [0.1, 0.15) is 5.82 Å². The highest BCUT2D eigenvalue weighted by Gasteiger charge is 2.21. The number of rotatable bonds is 3. The molecule has 7 heteroatoms. The van der Waals surface area contributed by atoms with E-state index in [2.05, 4.69) is 4.98 Å². The number of anilines is 3. The van der Waals surface area contributed by atoms with Crippen LogP contribution in [0, 0.1) is 0 Å². The molecule has 2 rings (SSSR count). The Morgan fingerprint density at radius 1 is 1.37 bits per heavy atom. The van der Waals surface area contributed by atoms with Crippen molar-refractivity contribution >= 4 is 34.5 Å². The van der Waals surface area contributed by atoms with Crippen LogP contribution in [0.5, 0.6) is 0 Å². The summed E-state index contributed by atoms with van der Waals surface area (Å²) in [5, 5.41) is 1.88. The van der Waals surface area contributed by atoms with Crippen LogP contribution in [0.2, 0.25) is 0 Å². The first-order chi connectivity index (χ1) is 9.06. The third-order valence-electron chi connectivity index (χ3n) is 2.54. The molecule has 0 aliphatic rings. The molecular weight excluding hydrogens is 264 g/mol. The molecule has 0 saturated heterocycles. The maximum Gasteiger partial charge on any atom is 0.359 e. The Kier molecular flexibility index (Phi) is 3.57. The lowest BCUT2D eigenvalue weighted by molar-refractivity contribution is 0.0521. The number of nitrogens with zero attached hydrogens (tertiary/aromatic N) is 1. The third-order valence-corrected chi connectivity index (χ3v) is 3.43. The minimum Gasteiger partial charge on any atom is -0.461 e. The van der Waals surface area contributed by atoms with Crippen molar-refractivity contribution < 1.29 is 9.53 Å². The Balaban J connectivity index is 2.63. The molecule has 19 heavy (non-hydrogen) atoms. The molecule has 0 radical (unpaired) electrons. The van der Waals surface area contributed by atoms with E-state index in [1.54, 1.807) is 6.92 Å². The van der Waals surface area contributed by atoms with E-state index in [1.165, 1.54) is 11.3 Å². The van der Waals surface area contributed by atoms with Gasteiger partial charge in [0.05, 0.1) is 18.0 Å². The van der Waals surface area contributed by atoms with Crippen molar-refractivity contribution in [3.8, 4) is 10.4 Å². The maximum absolute atomic E-state index is 11.8. The van der Waals surface area contributed by atoms with E-state index in [1.807, 2.05) is 17.5 Å². The zero-order chi connectivity index (χ0) is 14.0. The van der Waals surface area contributed by atoms with Gasteiger partial charge in [-0.1, -0.05) is 6.07 Å². The molecule has 0 aliphatic heterocycles. The zero-order valence-corrected chi connectivity index (χ0v) is 11.2. The molecule has 0 aromatic carbocycles. The second-order valence-electron chi connectivity index (χ2n) is 3.75. The molecule has 2 heterocycles. The Morgan fingerprint density at radius 3 is 2.68 bits per heavy atom. The number of thiophene rings is 1. The second-order valence-corrected chi connectivity index (χ2v) is 4.69. The molecule has 0 saturated carbocycles. The third kappa shape index (κ3) is 2.32. The number of hydrogen-bond acceptors (Lipinski definition) is 7. The zero-order valence-electron chi connectivity index (χ0n) is 10.3. The number of hydrogen-bond donors (Lipinski definition) is 3. The van der Waals surface area contributed by atoms with Crippen molar-refractivity contribution in [2.75, 3.05) is 23.8 Å². The van der Waals surface area contributed by atoms with Gasteiger partial charge < -0.3 is 21.9 Å². The molecule has 0 bridgehead atoms. The molecule has 0 amide bonds. The van der Waals surface area contributed by atoms with Gasteiger partial charge in [-0.2, -0.15) is 0 Å². The highest BCUT2D eigenvalue weighted by molar-refractivity contribution is 7.13. The standard InChI is InChI=1S/C12H14N4O2S/c1-2-18-12(17)10-8(13)7(6-4-3-5-19-6)9(14)11(15)16-10/h3-5H,2,13-14H2,1H3,(H2,15,16).